The molecule has 0 spiro atoms. The molecule has 1 heterocycles. The van der Waals surface area contributed by atoms with E-state index in [4.69, 9.17) is 21.1 Å². The third kappa shape index (κ3) is 6.94. The number of pyridine rings is 1. The van der Waals surface area contributed by atoms with E-state index in [0.717, 1.165) is 5.56 Å². The van der Waals surface area contributed by atoms with E-state index in [1.807, 2.05) is 0 Å². The number of rotatable bonds is 5. The summed E-state index contributed by atoms with van der Waals surface area (Å²) >= 11 is 5.39. The molecule has 0 bridgehead atoms. The fourth-order valence-electron chi connectivity index (χ4n) is 1.55. The van der Waals surface area contributed by atoms with E-state index in [2.05, 4.69) is 10.3 Å². The van der Waals surface area contributed by atoms with Crippen molar-refractivity contribution in [2.45, 2.75) is 38.8 Å². The molecule has 0 aliphatic heterocycles. The van der Waals surface area contributed by atoms with Gasteiger partial charge >= 0.3 is 12.1 Å². The van der Waals surface area contributed by atoms with Gasteiger partial charge in [-0.15, -0.1) is 0 Å². The van der Waals surface area contributed by atoms with Crippen molar-refractivity contribution in [2.75, 3.05) is 6.07 Å². The second-order valence-electron chi connectivity index (χ2n) is 5.33. The summed E-state index contributed by atoms with van der Waals surface area (Å²) in [7, 11) is 0. The lowest BCUT2D eigenvalue weighted by atomic mass is 10.1. The second-order valence-corrected chi connectivity index (χ2v) is 5.55. The quantitative estimate of drug-likeness (QED) is 0.666. The molecule has 0 unspecified atom stereocenters. The number of nitrogens with one attached hydrogen (secondary N) is 1. The maximum absolute atomic E-state index is 11.9. The van der Waals surface area contributed by atoms with Crippen molar-refractivity contribution in [3.05, 3.63) is 30.1 Å². The Balaban J connectivity index is 2.73. The van der Waals surface area contributed by atoms with Crippen LogP contribution in [0.2, 0.25) is 0 Å². The summed E-state index contributed by atoms with van der Waals surface area (Å²) < 4.78 is 9.88. The van der Waals surface area contributed by atoms with Crippen LogP contribution in [-0.2, 0) is 20.7 Å². The van der Waals surface area contributed by atoms with Gasteiger partial charge in [0.25, 0.3) is 0 Å². The first-order valence-corrected chi connectivity index (χ1v) is 6.96. The number of halogens is 1. The van der Waals surface area contributed by atoms with Crippen molar-refractivity contribution in [1.82, 2.24) is 10.3 Å². The summed E-state index contributed by atoms with van der Waals surface area (Å²) in [5.41, 5.74) is 0.180. The van der Waals surface area contributed by atoms with Gasteiger partial charge in [-0.3, -0.25) is 4.98 Å². The first-order chi connectivity index (χ1) is 9.81. The molecule has 116 valence electrons. The molecule has 0 radical (unpaired) electrons. The molecule has 7 heteroatoms. The number of alkyl carbamates (subject to hydrolysis) is 1. The Kier molecular flexibility index (Phi) is 6.42. The van der Waals surface area contributed by atoms with Crippen molar-refractivity contribution < 1.29 is 19.1 Å². The van der Waals surface area contributed by atoms with Crippen LogP contribution in [0.15, 0.2) is 24.5 Å². The van der Waals surface area contributed by atoms with Crippen LogP contribution in [0.1, 0.15) is 26.3 Å². The van der Waals surface area contributed by atoms with Crippen molar-refractivity contribution in [3.8, 4) is 0 Å². The average Bonchev–Trinajstić information content (AvgIpc) is 2.37. The lowest BCUT2D eigenvalue weighted by molar-refractivity contribution is -0.144. The van der Waals surface area contributed by atoms with E-state index in [-0.39, 0.29) is 12.5 Å². The van der Waals surface area contributed by atoms with Crippen molar-refractivity contribution in [1.29, 1.82) is 0 Å². The molecule has 0 aliphatic carbocycles. The molecule has 0 aliphatic rings. The number of carbonyl (C=O) groups is 2. The first kappa shape index (κ1) is 17.2. The predicted octanol–water partition coefficient (Wildman–Crippen LogP) is 2.26. The monoisotopic (exact) mass is 314 g/mol. The maximum atomic E-state index is 11.9. The third-order valence-electron chi connectivity index (χ3n) is 2.36. The standard InChI is InChI=1S/C14H19ClN2O4/c1-14(2,3)21-13(19)17-11(12(18)20-9-15)8-10-4-6-16-7-5-10/h4-7,11H,8-9H2,1-3H3,(H,17,19)/t11-/m1/s1. The van der Waals surface area contributed by atoms with Gasteiger partial charge in [0.05, 0.1) is 0 Å². The van der Waals surface area contributed by atoms with E-state index in [9.17, 15) is 9.59 Å². The van der Waals surface area contributed by atoms with E-state index in [1.165, 1.54) is 0 Å². The molecule has 0 saturated carbocycles. The molecule has 1 atom stereocenters. The number of alkyl halides is 1. The minimum atomic E-state index is -0.874. The molecular weight excluding hydrogens is 296 g/mol. The number of hydrogen-bond acceptors (Lipinski definition) is 5. The summed E-state index contributed by atoms with van der Waals surface area (Å²) in [6.45, 7) is 5.21. The number of hydrogen-bond donors (Lipinski definition) is 1. The van der Waals surface area contributed by atoms with Crippen LogP contribution in [0, 0.1) is 0 Å². The summed E-state index contributed by atoms with van der Waals surface area (Å²) in [5, 5.41) is 2.49. The van der Waals surface area contributed by atoms with Crippen molar-refractivity contribution in [2.24, 2.45) is 0 Å². The SMILES string of the molecule is CC(C)(C)OC(=O)N[C@H](Cc1ccncc1)C(=O)OCCl. The highest BCUT2D eigenvalue weighted by atomic mass is 35.5. The maximum Gasteiger partial charge on any atom is 0.408 e. The van der Waals surface area contributed by atoms with Gasteiger partial charge < -0.3 is 14.8 Å². The largest absolute Gasteiger partial charge is 0.448 e. The molecule has 6 nitrogen and oxygen atoms in total. The fraction of sp³-hybridized carbons (Fsp3) is 0.500. The lowest BCUT2D eigenvalue weighted by Crippen LogP contribution is -2.45. The Hall–Kier alpha value is -1.82. The van der Waals surface area contributed by atoms with Crippen LogP contribution in [-0.4, -0.2) is 34.8 Å². The van der Waals surface area contributed by atoms with Gasteiger partial charge in [-0.2, -0.15) is 0 Å². The topological polar surface area (TPSA) is 77.5 Å². The number of nitrogens with zero attached hydrogens (tertiary/aromatic N) is 1. The third-order valence-corrected chi connectivity index (χ3v) is 2.47. The lowest BCUT2D eigenvalue weighted by Gasteiger charge is -2.22. The summed E-state index contributed by atoms with van der Waals surface area (Å²) in [4.78, 5) is 27.5. The van der Waals surface area contributed by atoms with Gasteiger partial charge in [-0.25, -0.2) is 9.59 Å². The Morgan fingerprint density at radius 3 is 2.48 bits per heavy atom. The molecule has 0 fully saturated rings. The molecule has 0 saturated heterocycles. The van der Waals surface area contributed by atoms with E-state index < -0.39 is 23.7 Å². The van der Waals surface area contributed by atoms with Crippen LogP contribution < -0.4 is 5.32 Å². The summed E-state index contributed by atoms with van der Waals surface area (Å²) in [5.74, 6) is -0.618. The van der Waals surface area contributed by atoms with Gasteiger partial charge in [0, 0.05) is 18.8 Å². The number of amides is 1. The highest BCUT2D eigenvalue weighted by Gasteiger charge is 2.25. The smallest absolute Gasteiger partial charge is 0.408 e. The zero-order valence-corrected chi connectivity index (χ0v) is 13.0. The van der Waals surface area contributed by atoms with Crippen LogP contribution in [0.25, 0.3) is 0 Å². The Bertz CT molecular complexity index is 474. The number of carbonyl (C=O) groups excluding carboxylic acids is 2. The Morgan fingerprint density at radius 2 is 1.95 bits per heavy atom. The normalized spacial score (nSPS) is 12.4. The highest BCUT2D eigenvalue weighted by molar-refractivity contribution is 6.17. The molecule has 1 aromatic rings. The second kappa shape index (κ2) is 7.83. The molecule has 1 aromatic heterocycles. The van der Waals surface area contributed by atoms with Crippen LogP contribution in [0.5, 0.6) is 0 Å². The minimum Gasteiger partial charge on any atom is -0.448 e. The summed E-state index contributed by atoms with van der Waals surface area (Å²) in [6.07, 6.45) is 2.78. The van der Waals surface area contributed by atoms with Gasteiger partial charge in [0.15, 0.2) is 6.07 Å². The Morgan fingerprint density at radius 1 is 1.33 bits per heavy atom. The molecule has 0 aromatic carbocycles. The molecule has 21 heavy (non-hydrogen) atoms. The van der Waals surface area contributed by atoms with Gasteiger partial charge in [-0.1, -0.05) is 11.6 Å². The number of ether oxygens (including phenoxy) is 2. The van der Waals surface area contributed by atoms with Crippen LogP contribution in [0.3, 0.4) is 0 Å². The van der Waals surface area contributed by atoms with Gasteiger partial charge in [-0.05, 0) is 38.5 Å². The van der Waals surface area contributed by atoms with E-state index in [0.29, 0.717) is 0 Å². The van der Waals surface area contributed by atoms with E-state index in [1.54, 1.807) is 45.3 Å². The van der Waals surface area contributed by atoms with Gasteiger partial charge in [0.2, 0.25) is 0 Å². The highest BCUT2D eigenvalue weighted by Crippen LogP contribution is 2.09. The van der Waals surface area contributed by atoms with Crippen molar-refractivity contribution >= 4 is 23.7 Å². The minimum absolute atomic E-state index is 0.261. The number of esters is 1. The van der Waals surface area contributed by atoms with Gasteiger partial charge in [0.1, 0.15) is 11.6 Å². The molecule has 1 amide bonds. The Labute approximate surface area is 128 Å². The number of aromatic nitrogens is 1. The molecule has 1 N–H and O–H groups in total. The molecular formula is C14H19ClN2O4. The predicted molar refractivity (Wildman–Crippen MR) is 77.9 cm³/mol. The zero-order chi connectivity index (χ0) is 15.9. The van der Waals surface area contributed by atoms with Crippen LogP contribution in [0.4, 0.5) is 4.79 Å². The first-order valence-electron chi connectivity index (χ1n) is 6.43. The van der Waals surface area contributed by atoms with Crippen molar-refractivity contribution in [3.63, 3.8) is 0 Å². The summed E-state index contributed by atoms with van der Waals surface area (Å²) in [6, 6.07) is 2.35. The van der Waals surface area contributed by atoms with Crippen LogP contribution >= 0.6 is 11.6 Å². The van der Waals surface area contributed by atoms with E-state index >= 15 is 0 Å². The average molecular weight is 315 g/mol. The molecule has 1 rings (SSSR count). The zero-order valence-electron chi connectivity index (χ0n) is 12.3. The fourth-order valence-corrected chi connectivity index (χ4v) is 1.66.